The summed E-state index contributed by atoms with van der Waals surface area (Å²) < 4.78 is 7.28. The number of anilines is 1. The van der Waals surface area contributed by atoms with Crippen LogP contribution in [0.15, 0.2) is 53.3 Å². The molecule has 5 rings (SSSR count). The van der Waals surface area contributed by atoms with Crippen LogP contribution < -0.4 is 20.9 Å². The van der Waals surface area contributed by atoms with E-state index < -0.39 is 0 Å². The summed E-state index contributed by atoms with van der Waals surface area (Å²) in [6, 6.07) is 15.9. The Labute approximate surface area is 185 Å². The Morgan fingerprint density at radius 2 is 1.88 bits per heavy atom. The monoisotopic (exact) mass is 430 g/mol. The largest absolute Gasteiger partial charge is 0.496 e. The number of hydrogen-bond donors (Lipinski definition) is 2. The Kier molecular flexibility index (Phi) is 5.14. The fourth-order valence-electron chi connectivity index (χ4n) is 4.29. The van der Waals surface area contributed by atoms with E-state index in [4.69, 9.17) is 15.6 Å². The van der Waals surface area contributed by atoms with Crippen molar-refractivity contribution >= 4 is 11.2 Å². The summed E-state index contributed by atoms with van der Waals surface area (Å²) in [7, 11) is 1.63. The van der Waals surface area contributed by atoms with Gasteiger partial charge in [-0.05, 0) is 31.9 Å². The number of H-pyrrole nitrogens is 1. The first-order valence-electron chi connectivity index (χ1n) is 10.8. The van der Waals surface area contributed by atoms with Crippen LogP contribution >= 0.6 is 0 Å². The van der Waals surface area contributed by atoms with Crippen molar-refractivity contribution in [1.29, 1.82) is 0 Å². The van der Waals surface area contributed by atoms with Gasteiger partial charge < -0.3 is 20.4 Å². The van der Waals surface area contributed by atoms with Crippen LogP contribution in [0.2, 0.25) is 0 Å². The normalized spacial score (nSPS) is 14.8. The van der Waals surface area contributed by atoms with Crippen molar-refractivity contribution in [3.63, 3.8) is 0 Å². The minimum Gasteiger partial charge on any atom is -0.496 e. The molecule has 0 atom stereocenters. The summed E-state index contributed by atoms with van der Waals surface area (Å²) in [5, 5.41) is 4.70. The van der Waals surface area contributed by atoms with Gasteiger partial charge in [-0.2, -0.15) is 0 Å². The van der Waals surface area contributed by atoms with E-state index in [2.05, 4.69) is 14.9 Å². The second-order valence-electron chi connectivity index (χ2n) is 8.15. The van der Waals surface area contributed by atoms with E-state index in [9.17, 15) is 4.79 Å². The van der Waals surface area contributed by atoms with Crippen molar-refractivity contribution in [2.45, 2.75) is 25.8 Å². The van der Waals surface area contributed by atoms with Crippen LogP contribution in [0, 0.1) is 6.92 Å². The number of fused-ring (bicyclic) bond motifs is 1. The number of benzene rings is 2. The van der Waals surface area contributed by atoms with E-state index in [1.165, 1.54) is 0 Å². The van der Waals surface area contributed by atoms with Crippen LogP contribution in [-0.4, -0.2) is 45.8 Å². The number of imidazole rings is 1. The number of piperidine rings is 1. The molecule has 8 heteroatoms. The Balaban J connectivity index is 1.58. The van der Waals surface area contributed by atoms with Gasteiger partial charge in [-0.25, -0.2) is 9.50 Å². The zero-order chi connectivity index (χ0) is 22.2. The first-order valence-corrected chi connectivity index (χ1v) is 10.8. The average Bonchev–Trinajstić information content (AvgIpc) is 3.16. The van der Waals surface area contributed by atoms with E-state index in [1.54, 1.807) is 11.6 Å². The van der Waals surface area contributed by atoms with Gasteiger partial charge in [-0.3, -0.25) is 4.79 Å². The van der Waals surface area contributed by atoms with Gasteiger partial charge in [0.25, 0.3) is 5.56 Å². The smallest absolute Gasteiger partial charge is 0.277 e. The minimum atomic E-state index is -0.245. The molecule has 0 saturated carbocycles. The molecule has 0 bridgehead atoms. The van der Waals surface area contributed by atoms with Crippen LogP contribution in [0.1, 0.15) is 18.7 Å². The molecule has 3 N–H and O–H groups in total. The van der Waals surface area contributed by atoms with Gasteiger partial charge >= 0.3 is 0 Å². The summed E-state index contributed by atoms with van der Waals surface area (Å²) >= 11 is 0. The molecular formula is C24H26N6O2. The zero-order valence-electron chi connectivity index (χ0n) is 18.2. The molecule has 2 aromatic carbocycles. The fraction of sp³-hybridized carbons (Fsp3) is 0.292. The molecular weight excluding hydrogens is 404 g/mol. The predicted molar refractivity (Wildman–Crippen MR) is 125 cm³/mol. The maximum atomic E-state index is 13.1. The number of nitrogens with one attached hydrogen (secondary N) is 1. The molecule has 1 aliphatic heterocycles. The highest BCUT2D eigenvalue weighted by atomic mass is 16.5. The third-order valence-electron chi connectivity index (χ3n) is 6.06. The molecule has 3 heterocycles. The Morgan fingerprint density at radius 3 is 2.59 bits per heavy atom. The van der Waals surface area contributed by atoms with E-state index in [-0.39, 0.29) is 11.6 Å². The number of nitrogens with two attached hydrogens (primary N) is 1. The lowest BCUT2D eigenvalue weighted by molar-refractivity contribution is 0.415. The van der Waals surface area contributed by atoms with Gasteiger partial charge in [-0.1, -0.05) is 30.3 Å². The van der Waals surface area contributed by atoms with Crippen LogP contribution in [0.25, 0.3) is 28.2 Å². The van der Waals surface area contributed by atoms with Crippen molar-refractivity contribution < 1.29 is 4.74 Å². The van der Waals surface area contributed by atoms with Crippen molar-refractivity contribution in [2.75, 3.05) is 25.1 Å². The number of nitrogens with zero attached hydrogens (tertiary/aromatic N) is 4. The van der Waals surface area contributed by atoms with Crippen LogP contribution in [0.5, 0.6) is 5.75 Å². The van der Waals surface area contributed by atoms with Gasteiger partial charge in [-0.15, -0.1) is 5.10 Å². The molecule has 0 radical (unpaired) electrons. The quantitative estimate of drug-likeness (QED) is 0.516. The topological polar surface area (TPSA) is 102 Å². The molecule has 2 aromatic heterocycles. The maximum Gasteiger partial charge on any atom is 0.277 e. The molecule has 0 spiro atoms. The third-order valence-corrected chi connectivity index (χ3v) is 6.06. The van der Waals surface area contributed by atoms with Gasteiger partial charge in [0.1, 0.15) is 17.3 Å². The average molecular weight is 431 g/mol. The standard InChI is InChI=1S/C24H26N6O2/c1-15-26-21(16-6-4-3-5-7-16)22-24(31)27-23(28-30(15)22)19-9-8-18(14-20(19)32-2)29-12-10-17(25)11-13-29/h3-9,14,17H,10-13,25H2,1-2H3,(H,27,28,31). The minimum absolute atomic E-state index is 0.245. The lowest BCUT2D eigenvalue weighted by atomic mass is 10.0. The molecule has 0 aliphatic carbocycles. The number of ether oxygens (including phenoxy) is 1. The molecule has 0 amide bonds. The molecule has 8 nitrogen and oxygen atoms in total. The van der Waals surface area contributed by atoms with Gasteiger partial charge in [0, 0.05) is 36.4 Å². The molecule has 1 saturated heterocycles. The van der Waals surface area contributed by atoms with Gasteiger partial charge in [0.2, 0.25) is 0 Å². The second kappa shape index (κ2) is 8.12. The number of methoxy groups -OCH3 is 1. The van der Waals surface area contributed by atoms with E-state index in [0.717, 1.165) is 42.7 Å². The molecule has 4 aromatic rings. The fourth-order valence-corrected chi connectivity index (χ4v) is 4.29. The summed E-state index contributed by atoms with van der Waals surface area (Å²) in [4.78, 5) is 23.0. The Bertz CT molecular complexity index is 1320. The highest BCUT2D eigenvalue weighted by Gasteiger charge is 2.20. The molecule has 1 aliphatic rings. The lowest BCUT2D eigenvalue weighted by Crippen LogP contribution is -2.39. The van der Waals surface area contributed by atoms with E-state index >= 15 is 0 Å². The van der Waals surface area contributed by atoms with Crippen molar-refractivity contribution in [1.82, 2.24) is 19.6 Å². The molecule has 0 unspecified atom stereocenters. The van der Waals surface area contributed by atoms with Crippen molar-refractivity contribution in [3.05, 3.63) is 64.7 Å². The van der Waals surface area contributed by atoms with Crippen molar-refractivity contribution in [3.8, 4) is 28.4 Å². The first-order chi connectivity index (χ1) is 15.5. The summed E-state index contributed by atoms with van der Waals surface area (Å²) in [6.07, 6.45) is 1.94. The van der Waals surface area contributed by atoms with Gasteiger partial charge in [0.05, 0.1) is 12.7 Å². The van der Waals surface area contributed by atoms with E-state index in [0.29, 0.717) is 28.6 Å². The summed E-state index contributed by atoms with van der Waals surface area (Å²) in [5.74, 6) is 1.74. The number of aromatic nitrogens is 4. The lowest BCUT2D eigenvalue weighted by Gasteiger charge is -2.32. The number of aromatic amines is 1. The zero-order valence-corrected chi connectivity index (χ0v) is 18.2. The number of rotatable bonds is 4. The van der Waals surface area contributed by atoms with Crippen LogP contribution in [0.3, 0.4) is 0 Å². The van der Waals surface area contributed by atoms with Crippen LogP contribution in [0.4, 0.5) is 5.69 Å². The highest BCUT2D eigenvalue weighted by Crippen LogP contribution is 2.33. The van der Waals surface area contributed by atoms with Crippen LogP contribution in [-0.2, 0) is 0 Å². The maximum absolute atomic E-state index is 13.1. The van der Waals surface area contributed by atoms with Gasteiger partial charge in [0.15, 0.2) is 11.3 Å². The predicted octanol–water partition coefficient (Wildman–Crippen LogP) is 3.00. The Morgan fingerprint density at radius 1 is 1.12 bits per heavy atom. The molecule has 164 valence electrons. The van der Waals surface area contributed by atoms with Crippen molar-refractivity contribution in [2.24, 2.45) is 5.73 Å². The number of hydrogen-bond acceptors (Lipinski definition) is 6. The molecule has 32 heavy (non-hydrogen) atoms. The highest BCUT2D eigenvalue weighted by molar-refractivity contribution is 5.77. The first kappa shape index (κ1) is 20.3. The summed E-state index contributed by atoms with van der Waals surface area (Å²) in [5.41, 5.74) is 9.52. The van der Waals surface area contributed by atoms with E-state index in [1.807, 2.05) is 55.5 Å². The molecule has 1 fully saturated rings. The summed E-state index contributed by atoms with van der Waals surface area (Å²) in [6.45, 7) is 3.68. The Hall–Kier alpha value is -3.65. The second-order valence-corrected chi connectivity index (χ2v) is 8.15. The SMILES string of the molecule is COc1cc(N2CCC(N)CC2)ccc1-c1nn2c(C)nc(-c3ccccc3)c2c(=O)[nH]1. The third kappa shape index (κ3) is 3.52. The number of aryl methyl sites for hydroxylation is 1.